The molecule has 0 saturated carbocycles. The molecule has 1 aliphatic heterocycles. The van der Waals surface area contributed by atoms with Crippen LogP contribution in [0.25, 0.3) is 11.2 Å². The zero-order valence-electron chi connectivity index (χ0n) is 18.8. The molecule has 1 aromatic carbocycles. The number of amides is 2. The quantitative estimate of drug-likeness (QED) is 0.656. The van der Waals surface area contributed by atoms with Gasteiger partial charge in [-0.25, -0.2) is 9.78 Å². The Hall–Kier alpha value is -3.69. The van der Waals surface area contributed by atoms with Crippen molar-refractivity contribution >= 4 is 34.4 Å². The van der Waals surface area contributed by atoms with Gasteiger partial charge in [0, 0.05) is 37.4 Å². The number of nitrogens with one attached hydrogen (secondary N) is 1. The summed E-state index contributed by atoms with van der Waals surface area (Å²) >= 11 is 0. The number of aromatic nitrogens is 4. The Morgan fingerprint density at radius 2 is 1.84 bits per heavy atom. The Morgan fingerprint density at radius 3 is 2.53 bits per heavy atom. The molecule has 3 heterocycles. The highest BCUT2D eigenvalue weighted by Gasteiger charge is 2.32. The summed E-state index contributed by atoms with van der Waals surface area (Å²) in [5.74, 6) is -0.321. The van der Waals surface area contributed by atoms with E-state index in [2.05, 4.69) is 10.3 Å². The van der Waals surface area contributed by atoms with Crippen molar-refractivity contribution in [2.75, 3.05) is 16.8 Å². The van der Waals surface area contributed by atoms with E-state index in [1.807, 2.05) is 26.8 Å². The molecule has 2 amide bonds. The van der Waals surface area contributed by atoms with Gasteiger partial charge >= 0.3 is 5.69 Å². The summed E-state index contributed by atoms with van der Waals surface area (Å²) in [7, 11) is 2.91. The fourth-order valence-electron chi connectivity index (χ4n) is 3.94. The number of rotatable bonds is 3. The van der Waals surface area contributed by atoms with E-state index in [0.717, 1.165) is 22.2 Å². The maximum atomic E-state index is 12.8. The molecule has 2 aromatic heterocycles. The maximum absolute atomic E-state index is 12.8. The SMILES string of the molecule is Cn1c(=O)c2c(ncn2CC(=O)Nc2ccc3c(c2)N(C(=O)C(C)(C)C)CC3)n(C)c1=O. The Balaban J connectivity index is 1.59. The first-order valence-corrected chi connectivity index (χ1v) is 10.3. The lowest BCUT2D eigenvalue weighted by Crippen LogP contribution is -2.38. The van der Waals surface area contributed by atoms with Crippen LogP contribution in [0.15, 0.2) is 34.1 Å². The molecule has 168 valence electrons. The summed E-state index contributed by atoms with van der Waals surface area (Å²) in [6.45, 7) is 6.12. The molecule has 32 heavy (non-hydrogen) atoms. The molecule has 0 radical (unpaired) electrons. The topological polar surface area (TPSA) is 111 Å². The standard InChI is InChI=1S/C22H26N6O4/c1-22(2,3)20(31)28-9-8-13-6-7-14(10-15(13)28)24-16(29)11-27-12-23-18-17(27)19(30)26(5)21(32)25(18)4/h6-7,10,12H,8-9,11H2,1-5H3,(H,24,29). The van der Waals surface area contributed by atoms with Crippen molar-refractivity contribution in [3.05, 3.63) is 50.9 Å². The molecule has 10 nitrogen and oxygen atoms in total. The number of benzene rings is 1. The molecule has 0 atom stereocenters. The van der Waals surface area contributed by atoms with Gasteiger partial charge in [0.25, 0.3) is 5.56 Å². The van der Waals surface area contributed by atoms with Crippen molar-refractivity contribution in [3.8, 4) is 0 Å². The smallest absolute Gasteiger partial charge is 0.324 e. The predicted molar refractivity (Wildman–Crippen MR) is 121 cm³/mol. The van der Waals surface area contributed by atoms with E-state index in [4.69, 9.17) is 0 Å². The maximum Gasteiger partial charge on any atom is 0.332 e. The van der Waals surface area contributed by atoms with Crippen LogP contribution in [0.4, 0.5) is 11.4 Å². The third-order valence-corrected chi connectivity index (χ3v) is 5.68. The van der Waals surface area contributed by atoms with Gasteiger partial charge < -0.3 is 14.8 Å². The zero-order chi connectivity index (χ0) is 23.4. The molecule has 0 unspecified atom stereocenters. The van der Waals surface area contributed by atoms with Crippen LogP contribution in [0, 0.1) is 5.41 Å². The van der Waals surface area contributed by atoms with Crippen LogP contribution in [0.3, 0.4) is 0 Å². The summed E-state index contributed by atoms with van der Waals surface area (Å²) in [6.07, 6.45) is 2.14. The fraction of sp³-hybridized carbons (Fsp3) is 0.409. The van der Waals surface area contributed by atoms with Crippen LogP contribution in [0.1, 0.15) is 26.3 Å². The molecule has 1 N–H and O–H groups in total. The van der Waals surface area contributed by atoms with Gasteiger partial charge in [0.05, 0.1) is 6.33 Å². The van der Waals surface area contributed by atoms with E-state index >= 15 is 0 Å². The van der Waals surface area contributed by atoms with Crippen LogP contribution in [0.2, 0.25) is 0 Å². The van der Waals surface area contributed by atoms with Crippen molar-refractivity contribution in [2.24, 2.45) is 19.5 Å². The Kier molecular flexibility index (Phi) is 5.03. The number of anilines is 2. The van der Waals surface area contributed by atoms with Crippen LogP contribution >= 0.6 is 0 Å². The third-order valence-electron chi connectivity index (χ3n) is 5.68. The van der Waals surface area contributed by atoms with Crippen LogP contribution in [-0.4, -0.2) is 37.0 Å². The lowest BCUT2D eigenvalue weighted by molar-refractivity contribution is -0.125. The van der Waals surface area contributed by atoms with E-state index < -0.39 is 16.7 Å². The second-order valence-corrected chi connectivity index (χ2v) is 9.10. The first-order valence-electron chi connectivity index (χ1n) is 10.3. The van der Waals surface area contributed by atoms with Gasteiger partial charge in [0.2, 0.25) is 11.8 Å². The monoisotopic (exact) mass is 438 g/mol. The van der Waals surface area contributed by atoms with E-state index in [1.54, 1.807) is 17.0 Å². The molecular formula is C22H26N6O4. The normalized spacial score (nSPS) is 13.5. The van der Waals surface area contributed by atoms with Crippen molar-refractivity contribution < 1.29 is 9.59 Å². The summed E-state index contributed by atoms with van der Waals surface area (Å²) in [4.78, 5) is 56.0. The molecule has 0 bridgehead atoms. The van der Waals surface area contributed by atoms with Crippen molar-refractivity contribution in [3.63, 3.8) is 0 Å². The summed E-state index contributed by atoms with van der Waals surface area (Å²) in [5.41, 5.74) is 1.33. The average molecular weight is 438 g/mol. The largest absolute Gasteiger partial charge is 0.332 e. The Morgan fingerprint density at radius 1 is 1.12 bits per heavy atom. The molecule has 10 heteroatoms. The summed E-state index contributed by atoms with van der Waals surface area (Å²) in [5, 5.41) is 2.83. The summed E-state index contributed by atoms with van der Waals surface area (Å²) < 4.78 is 3.68. The van der Waals surface area contributed by atoms with Gasteiger partial charge in [-0.2, -0.15) is 0 Å². The van der Waals surface area contributed by atoms with Gasteiger partial charge in [-0.15, -0.1) is 0 Å². The first-order chi connectivity index (χ1) is 15.0. The van der Waals surface area contributed by atoms with Gasteiger partial charge in [-0.3, -0.25) is 23.5 Å². The molecule has 3 aromatic rings. The van der Waals surface area contributed by atoms with Crippen molar-refractivity contribution in [1.29, 1.82) is 0 Å². The third kappa shape index (κ3) is 3.51. The van der Waals surface area contributed by atoms with E-state index in [1.165, 1.54) is 29.6 Å². The number of imidazole rings is 1. The molecule has 0 saturated heterocycles. The molecule has 0 aliphatic carbocycles. The lowest BCUT2D eigenvalue weighted by atomic mass is 9.94. The fourth-order valence-corrected chi connectivity index (χ4v) is 3.94. The highest BCUT2D eigenvalue weighted by molar-refractivity contribution is 6.00. The minimum Gasteiger partial charge on any atom is -0.324 e. The number of fused-ring (bicyclic) bond motifs is 2. The molecule has 0 fully saturated rings. The second-order valence-electron chi connectivity index (χ2n) is 9.10. The van der Waals surface area contributed by atoms with Gasteiger partial charge in [-0.1, -0.05) is 26.8 Å². The van der Waals surface area contributed by atoms with Crippen molar-refractivity contribution in [1.82, 2.24) is 18.7 Å². The highest BCUT2D eigenvalue weighted by Crippen LogP contribution is 2.34. The number of hydrogen-bond acceptors (Lipinski definition) is 5. The van der Waals surface area contributed by atoms with E-state index in [9.17, 15) is 19.2 Å². The Bertz CT molecular complexity index is 1370. The molecule has 1 aliphatic rings. The molecule has 0 spiro atoms. The summed E-state index contributed by atoms with van der Waals surface area (Å²) in [6, 6.07) is 5.52. The van der Waals surface area contributed by atoms with Crippen LogP contribution < -0.4 is 21.5 Å². The molecular weight excluding hydrogens is 412 g/mol. The van der Waals surface area contributed by atoms with Crippen LogP contribution in [-0.2, 0) is 36.6 Å². The first kappa shape index (κ1) is 21.5. The number of carbonyl (C=O) groups is 2. The second kappa shape index (κ2) is 7.47. The van der Waals surface area contributed by atoms with Crippen molar-refractivity contribution in [2.45, 2.75) is 33.7 Å². The number of carbonyl (C=O) groups excluding carboxylic acids is 2. The minimum atomic E-state index is -0.512. The van der Waals surface area contributed by atoms with Gasteiger partial charge in [0.1, 0.15) is 6.54 Å². The average Bonchev–Trinajstić information content (AvgIpc) is 3.33. The van der Waals surface area contributed by atoms with E-state index in [-0.39, 0.29) is 29.5 Å². The molecule has 4 rings (SSSR count). The van der Waals surface area contributed by atoms with Gasteiger partial charge in [0.15, 0.2) is 11.2 Å². The zero-order valence-corrected chi connectivity index (χ0v) is 18.8. The lowest BCUT2D eigenvalue weighted by Gasteiger charge is -2.26. The predicted octanol–water partition coefficient (Wildman–Crippen LogP) is 1.01. The number of nitrogens with zero attached hydrogens (tertiary/aromatic N) is 5. The highest BCUT2D eigenvalue weighted by atomic mass is 16.2. The van der Waals surface area contributed by atoms with Gasteiger partial charge in [-0.05, 0) is 24.1 Å². The number of aryl methyl sites for hydroxylation is 1. The van der Waals surface area contributed by atoms with Crippen LogP contribution in [0.5, 0.6) is 0 Å². The van der Waals surface area contributed by atoms with E-state index in [0.29, 0.717) is 12.2 Å². The minimum absolute atomic E-state index is 0.0334. The number of hydrogen-bond donors (Lipinski definition) is 1. The Labute approximate surface area is 184 Å².